The highest BCUT2D eigenvalue weighted by atomic mass is 16.5. The van der Waals surface area contributed by atoms with Gasteiger partial charge in [-0.2, -0.15) is 0 Å². The van der Waals surface area contributed by atoms with Gasteiger partial charge < -0.3 is 9.84 Å². The van der Waals surface area contributed by atoms with Gasteiger partial charge in [0.2, 0.25) is 0 Å². The molecular weight excluding hydrogens is 238 g/mol. The SMILES string of the molecule is CCC(CC(=O)O)CN1C(=O)C2CCC(O2)C1=O. The van der Waals surface area contributed by atoms with E-state index in [0.29, 0.717) is 19.3 Å². The van der Waals surface area contributed by atoms with Crippen LogP contribution in [0.4, 0.5) is 0 Å². The number of carboxylic acids is 1. The zero-order valence-electron chi connectivity index (χ0n) is 10.3. The Kier molecular flexibility index (Phi) is 3.65. The Hall–Kier alpha value is -1.43. The number of carboxylic acid groups (broad SMARTS) is 1. The zero-order chi connectivity index (χ0) is 13.3. The van der Waals surface area contributed by atoms with Gasteiger partial charge in [0.1, 0.15) is 12.2 Å². The fraction of sp³-hybridized carbons (Fsp3) is 0.750. The molecule has 2 aliphatic rings. The van der Waals surface area contributed by atoms with Crippen molar-refractivity contribution in [3.63, 3.8) is 0 Å². The number of rotatable bonds is 5. The van der Waals surface area contributed by atoms with Crippen molar-refractivity contribution < 1.29 is 24.2 Å². The number of morpholine rings is 1. The molecule has 0 aromatic rings. The second-order valence-corrected chi connectivity index (χ2v) is 4.85. The molecule has 2 saturated heterocycles. The van der Waals surface area contributed by atoms with Crippen LogP contribution in [0.15, 0.2) is 0 Å². The molecule has 2 fully saturated rings. The summed E-state index contributed by atoms with van der Waals surface area (Å²) in [7, 11) is 0. The lowest BCUT2D eigenvalue weighted by atomic mass is 10.0. The molecule has 1 N–H and O–H groups in total. The van der Waals surface area contributed by atoms with Crippen molar-refractivity contribution in [2.45, 2.75) is 44.8 Å². The first kappa shape index (κ1) is 13.0. The third-order valence-corrected chi connectivity index (χ3v) is 3.58. The first-order valence-electron chi connectivity index (χ1n) is 6.25. The molecule has 0 spiro atoms. The molecule has 0 aromatic heterocycles. The van der Waals surface area contributed by atoms with Gasteiger partial charge in [0.25, 0.3) is 11.8 Å². The van der Waals surface area contributed by atoms with Crippen molar-refractivity contribution in [3.05, 3.63) is 0 Å². The summed E-state index contributed by atoms with van der Waals surface area (Å²) >= 11 is 0. The van der Waals surface area contributed by atoms with E-state index in [9.17, 15) is 14.4 Å². The minimum Gasteiger partial charge on any atom is -0.481 e. The quantitative estimate of drug-likeness (QED) is 0.719. The van der Waals surface area contributed by atoms with Crippen molar-refractivity contribution in [1.82, 2.24) is 4.90 Å². The Morgan fingerprint density at radius 2 is 1.94 bits per heavy atom. The van der Waals surface area contributed by atoms with Crippen LogP contribution in [0.5, 0.6) is 0 Å². The topological polar surface area (TPSA) is 83.9 Å². The second-order valence-electron chi connectivity index (χ2n) is 4.85. The molecule has 2 heterocycles. The van der Waals surface area contributed by atoms with E-state index in [1.54, 1.807) is 0 Å². The molecule has 3 atom stereocenters. The third-order valence-electron chi connectivity index (χ3n) is 3.58. The number of ether oxygens (including phenoxy) is 1. The Balaban J connectivity index is 2.05. The first-order chi connectivity index (χ1) is 8.52. The summed E-state index contributed by atoms with van der Waals surface area (Å²) in [6.07, 6.45) is 0.761. The van der Waals surface area contributed by atoms with Gasteiger partial charge in [0.05, 0.1) is 0 Å². The maximum absolute atomic E-state index is 12.0. The number of nitrogens with zero attached hydrogens (tertiary/aromatic N) is 1. The molecule has 0 aliphatic carbocycles. The van der Waals surface area contributed by atoms with Gasteiger partial charge in [-0.25, -0.2) is 0 Å². The highest BCUT2D eigenvalue weighted by molar-refractivity contribution is 6.02. The fourth-order valence-electron chi connectivity index (χ4n) is 2.48. The molecule has 2 amide bonds. The van der Waals surface area contributed by atoms with Crippen molar-refractivity contribution in [1.29, 1.82) is 0 Å². The Morgan fingerprint density at radius 3 is 2.39 bits per heavy atom. The standard InChI is InChI=1S/C12H17NO5/c1-2-7(5-10(14)15)6-13-11(16)8-3-4-9(18-8)12(13)17/h7-9H,2-6H2,1H3,(H,14,15). The Labute approximate surface area is 105 Å². The Bertz CT molecular complexity index is 359. The number of carbonyl (C=O) groups excluding carboxylic acids is 2. The van der Waals surface area contributed by atoms with Crippen LogP contribution < -0.4 is 0 Å². The molecule has 2 aliphatic heterocycles. The van der Waals surface area contributed by atoms with E-state index in [-0.39, 0.29) is 30.7 Å². The van der Waals surface area contributed by atoms with E-state index in [2.05, 4.69) is 0 Å². The fourth-order valence-corrected chi connectivity index (χ4v) is 2.48. The Morgan fingerprint density at radius 1 is 1.39 bits per heavy atom. The summed E-state index contributed by atoms with van der Waals surface area (Å²) in [5.41, 5.74) is 0. The third kappa shape index (κ3) is 2.38. The summed E-state index contributed by atoms with van der Waals surface area (Å²) in [4.78, 5) is 35.8. The second kappa shape index (κ2) is 5.06. The van der Waals surface area contributed by atoms with Crippen molar-refractivity contribution in [2.75, 3.05) is 6.54 Å². The lowest BCUT2D eigenvalue weighted by molar-refractivity contribution is -0.169. The summed E-state index contributed by atoms with van der Waals surface area (Å²) in [6.45, 7) is 2.05. The van der Waals surface area contributed by atoms with Gasteiger partial charge in [-0.05, 0) is 18.8 Å². The normalized spacial score (nSPS) is 28.6. The van der Waals surface area contributed by atoms with E-state index in [1.807, 2.05) is 6.92 Å². The summed E-state index contributed by atoms with van der Waals surface area (Å²) in [6, 6.07) is 0. The number of fused-ring (bicyclic) bond motifs is 2. The number of hydrogen-bond acceptors (Lipinski definition) is 4. The predicted molar refractivity (Wildman–Crippen MR) is 60.6 cm³/mol. The number of aliphatic carboxylic acids is 1. The van der Waals surface area contributed by atoms with E-state index in [4.69, 9.17) is 9.84 Å². The van der Waals surface area contributed by atoms with Crippen LogP contribution in [0.1, 0.15) is 32.6 Å². The molecule has 6 heteroatoms. The van der Waals surface area contributed by atoms with Gasteiger partial charge >= 0.3 is 5.97 Å². The van der Waals surface area contributed by atoms with Crippen LogP contribution in [0.2, 0.25) is 0 Å². The number of amides is 2. The van der Waals surface area contributed by atoms with Crippen molar-refractivity contribution in [2.24, 2.45) is 5.92 Å². The first-order valence-corrected chi connectivity index (χ1v) is 6.25. The maximum Gasteiger partial charge on any atom is 0.303 e. The van der Waals surface area contributed by atoms with Crippen LogP contribution in [-0.4, -0.2) is 46.5 Å². The minimum absolute atomic E-state index is 0.0241. The van der Waals surface area contributed by atoms with E-state index in [0.717, 1.165) is 0 Å². The number of likely N-dealkylation sites (tertiary alicyclic amines) is 1. The van der Waals surface area contributed by atoms with Gasteiger partial charge in [-0.15, -0.1) is 0 Å². The van der Waals surface area contributed by atoms with E-state index < -0.39 is 18.2 Å². The van der Waals surface area contributed by atoms with Crippen molar-refractivity contribution in [3.8, 4) is 0 Å². The lowest BCUT2D eigenvalue weighted by Crippen LogP contribution is -2.53. The summed E-state index contributed by atoms with van der Waals surface area (Å²) in [5, 5.41) is 8.78. The predicted octanol–water partition coefficient (Wildman–Crippen LogP) is 0.404. The molecule has 0 radical (unpaired) electrons. The van der Waals surface area contributed by atoms with Crippen molar-refractivity contribution >= 4 is 17.8 Å². The monoisotopic (exact) mass is 255 g/mol. The number of imide groups is 1. The molecule has 100 valence electrons. The van der Waals surface area contributed by atoms with Gasteiger partial charge in [-0.1, -0.05) is 13.3 Å². The molecular formula is C12H17NO5. The molecule has 3 unspecified atom stereocenters. The molecule has 18 heavy (non-hydrogen) atoms. The van der Waals surface area contributed by atoms with Crippen LogP contribution >= 0.6 is 0 Å². The average Bonchev–Trinajstić information content (AvgIpc) is 2.77. The summed E-state index contributed by atoms with van der Waals surface area (Å²) in [5.74, 6) is -1.71. The largest absolute Gasteiger partial charge is 0.481 e. The zero-order valence-corrected chi connectivity index (χ0v) is 10.3. The number of carbonyl (C=O) groups is 3. The summed E-state index contributed by atoms with van der Waals surface area (Å²) < 4.78 is 5.29. The molecule has 6 nitrogen and oxygen atoms in total. The highest BCUT2D eigenvalue weighted by Crippen LogP contribution is 2.29. The highest BCUT2D eigenvalue weighted by Gasteiger charge is 2.46. The molecule has 2 rings (SSSR count). The minimum atomic E-state index is -0.905. The van der Waals surface area contributed by atoms with Gasteiger partial charge in [0.15, 0.2) is 0 Å². The smallest absolute Gasteiger partial charge is 0.303 e. The molecule has 0 saturated carbocycles. The lowest BCUT2D eigenvalue weighted by Gasteiger charge is -2.32. The van der Waals surface area contributed by atoms with Crippen LogP contribution in [0, 0.1) is 5.92 Å². The van der Waals surface area contributed by atoms with E-state index in [1.165, 1.54) is 4.90 Å². The molecule has 2 bridgehead atoms. The molecule has 0 aromatic carbocycles. The van der Waals surface area contributed by atoms with Crippen LogP contribution in [0.3, 0.4) is 0 Å². The van der Waals surface area contributed by atoms with Gasteiger partial charge in [0, 0.05) is 13.0 Å². The van der Waals surface area contributed by atoms with Gasteiger partial charge in [-0.3, -0.25) is 19.3 Å². The van der Waals surface area contributed by atoms with E-state index >= 15 is 0 Å². The number of hydrogen-bond donors (Lipinski definition) is 1. The van der Waals surface area contributed by atoms with Crippen LogP contribution in [0.25, 0.3) is 0 Å². The van der Waals surface area contributed by atoms with Crippen LogP contribution in [-0.2, 0) is 19.1 Å². The average molecular weight is 255 g/mol. The maximum atomic E-state index is 12.0.